The number of nitrogens with one attached hydrogen (secondary N) is 3. The van der Waals surface area contributed by atoms with Crippen molar-refractivity contribution >= 4 is 41.0 Å². The summed E-state index contributed by atoms with van der Waals surface area (Å²) < 4.78 is 0. The van der Waals surface area contributed by atoms with E-state index in [1.165, 1.54) is 0 Å². The predicted molar refractivity (Wildman–Crippen MR) is 85.6 cm³/mol. The maximum absolute atomic E-state index is 4.51. The van der Waals surface area contributed by atoms with Gasteiger partial charge in [-0.2, -0.15) is 0 Å². The van der Waals surface area contributed by atoms with Crippen molar-refractivity contribution in [2.75, 3.05) is 20.6 Å². The molecule has 6 heteroatoms. The first-order valence-corrected chi connectivity index (χ1v) is 5.65. The van der Waals surface area contributed by atoms with Crippen LogP contribution in [0.15, 0.2) is 29.3 Å². The van der Waals surface area contributed by atoms with Gasteiger partial charge in [-0.25, -0.2) is 4.98 Å². The molecule has 5 nitrogen and oxygen atoms in total. The zero-order chi connectivity index (χ0) is 12.1. The fourth-order valence-corrected chi connectivity index (χ4v) is 1.70. The highest BCUT2D eigenvalue weighted by Crippen LogP contribution is 2.09. The molecule has 2 aromatic rings. The SMILES string of the molecule is CN=C(NC)NCCc1nc2ccccc2[nH]1.I. The Labute approximate surface area is 124 Å². The van der Waals surface area contributed by atoms with Crippen molar-refractivity contribution in [1.82, 2.24) is 20.6 Å². The lowest BCUT2D eigenvalue weighted by Crippen LogP contribution is -2.35. The number of nitrogens with zero attached hydrogens (tertiary/aromatic N) is 2. The van der Waals surface area contributed by atoms with Crippen LogP contribution in [-0.4, -0.2) is 36.6 Å². The fourth-order valence-electron chi connectivity index (χ4n) is 1.70. The number of aliphatic imine (C=N–C) groups is 1. The average Bonchev–Trinajstić information content (AvgIpc) is 2.77. The molecule has 0 bridgehead atoms. The first-order valence-electron chi connectivity index (χ1n) is 5.65. The molecule has 1 aromatic carbocycles. The number of hydrogen-bond donors (Lipinski definition) is 3. The molecule has 0 atom stereocenters. The predicted octanol–water partition coefficient (Wildman–Crippen LogP) is 1.52. The quantitative estimate of drug-likeness (QED) is 0.442. The minimum Gasteiger partial charge on any atom is -0.359 e. The fraction of sp³-hybridized carbons (Fsp3) is 0.333. The molecule has 0 fully saturated rings. The van der Waals surface area contributed by atoms with Gasteiger partial charge in [0, 0.05) is 27.1 Å². The zero-order valence-corrected chi connectivity index (χ0v) is 12.9. The second-order valence-corrected chi connectivity index (χ2v) is 3.70. The number of fused-ring (bicyclic) bond motifs is 1. The number of para-hydroxylation sites is 2. The van der Waals surface area contributed by atoms with Crippen LogP contribution in [0.25, 0.3) is 11.0 Å². The molecule has 0 spiro atoms. The summed E-state index contributed by atoms with van der Waals surface area (Å²) in [6, 6.07) is 8.04. The number of halogens is 1. The Morgan fingerprint density at radius 1 is 1.39 bits per heavy atom. The maximum Gasteiger partial charge on any atom is 0.190 e. The van der Waals surface area contributed by atoms with E-state index in [2.05, 4.69) is 25.6 Å². The van der Waals surface area contributed by atoms with Gasteiger partial charge in [0.05, 0.1) is 11.0 Å². The van der Waals surface area contributed by atoms with Crippen LogP contribution in [0.2, 0.25) is 0 Å². The van der Waals surface area contributed by atoms with Gasteiger partial charge < -0.3 is 15.6 Å². The molecule has 2 rings (SSSR count). The second-order valence-electron chi connectivity index (χ2n) is 3.70. The van der Waals surface area contributed by atoms with Crippen molar-refractivity contribution in [2.24, 2.45) is 4.99 Å². The highest BCUT2D eigenvalue weighted by Gasteiger charge is 2.01. The van der Waals surface area contributed by atoms with E-state index in [1.54, 1.807) is 7.05 Å². The Kier molecular flexibility index (Phi) is 5.90. The van der Waals surface area contributed by atoms with Gasteiger partial charge in [-0.3, -0.25) is 4.99 Å². The van der Waals surface area contributed by atoms with Gasteiger partial charge in [-0.05, 0) is 12.1 Å². The lowest BCUT2D eigenvalue weighted by Gasteiger charge is -2.06. The van der Waals surface area contributed by atoms with Crippen molar-refractivity contribution in [3.05, 3.63) is 30.1 Å². The third-order valence-electron chi connectivity index (χ3n) is 2.55. The van der Waals surface area contributed by atoms with E-state index in [0.29, 0.717) is 0 Å². The number of benzene rings is 1. The smallest absolute Gasteiger partial charge is 0.190 e. The highest BCUT2D eigenvalue weighted by atomic mass is 127. The first-order chi connectivity index (χ1) is 8.33. The summed E-state index contributed by atoms with van der Waals surface area (Å²) in [7, 11) is 3.59. The number of rotatable bonds is 3. The van der Waals surface area contributed by atoms with Crippen LogP contribution < -0.4 is 10.6 Å². The molecule has 0 saturated heterocycles. The van der Waals surface area contributed by atoms with Crippen molar-refractivity contribution < 1.29 is 0 Å². The van der Waals surface area contributed by atoms with Crippen LogP contribution in [0.4, 0.5) is 0 Å². The summed E-state index contributed by atoms with van der Waals surface area (Å²) in [6.07, 6.45) is 0.843. The molecule has 0 amide bonds. The van der Waals surface area contributed by atoms with Crippen LogP contribution in [0.5, 0.6) is 0 Å². The van der Waals surface area contributed by atoms with Crippen LogP contribution in [0.3, 0.4) is 0 Å². The number of H-pyrrole nitrogens is 1. The summed E-state index contributed by atoms with van der Waals surface area (Å²) in [5.74, 6) is 1.78. The average molecular weight is 359 g/mol. The van der Waals surface area contributed by atoms with Crippen molar-refractivity contribution in [2.45, 2.75) is 6.42 Å². The summed E-state index contributed by atoms with van der Waals surface area (Å²) in [6.45, 7) is 0.799. The lowest BCUT2D eigenvalue weighted by atomic mass is 10.3. The normalized spacial score (nSPS) is 11.1. The lowest BCUT2D eigenvalue weighted by molar-refractivity contribution is 0.804. The molecule has 1 aromatic heterocycles. The van der Waals surface area contributed by atoms with Crippen LogP contribution in [-0.2, 0) is 6.42 Å². The zero-order valence-electron chi connectivity index (χ0n) is 10.5. The largest absolute Gasteiger partial charge is 0.359 e. The Hall–Kier alpha value is -1.31. The summed E-state index contributed by atoms with van der Waals surface area (Å²) in [5, 5.41) is 6.16. The Balaban J connectivity index is 0.00000162. The topological polar surface area (TPSA) is 65.1 Å². The van der Waals surface area contributed by atoms with E-state index in [-0.39, 0.29) is 24.0 Å². The molecule has 18 heavy (non-hydrogen) atoms. The van der Waals surface area contributed by atoms with Crippen LogP contribution >= 0.6 is 24.0 Å². The third-order valence-corrected chi connectivity index (χ3v) is 2.55. The standard InChI is InChI=1S/C12H17N5.HI/c1-13-12(14-2)15-8-7-11-16-9-5-3-4-6-10(9)17-11;/h3-6H,7-8H2,1-2H3,(H,16,17)(H2,13,14,15);1H. The molecule has 0 unspecified atom stereocenters. The summed E-state index contributed by atoms with van der Waals surface area (Å²) >= 11 is 0. The molecular formula is C12H18IN5. The van der Waals surface area contributed by atoms with Gasteiger partial charge >= 0.3 is 0 Å². The first kappa shape index (κ1) is 14.7. The highest BCUT2D eigenvalue weighted by molar-refractivity contribution is 14.0. The van der Waals surface area contributed by atoms with Crippen molar-refractivity contribution in [3.8, 4) is 0 Å². The molecule has 0 radical (unpaired) electrons. The summed E-state index contributed by atoms with van der Waals surface area (Å²) in [4.78, 5) is 11.8. The minimum atomic E-state index is 0. The van der Waals surface area contributed by atoms with E-state index in [0.717, 1.165) is 35.8 Å². The van der Waals surface area contributed by atoms with Gasteiger partial charge in [-0.1, -0.05) is 12.1 Å². The Bertz CT molecular complexity index is 487. The minimum absolute atomic E-state index is 0. The van der Waals surface area contributed by atoms with Crippen LogP contribution in [0.1, 0.15) is 5.82 Å². The monoisotopic (exact) mass is 359 g/mol. The molecular weight excluding hydrogens is 341 g/mol. The number of hydrogen-bond acceptors (Lipinski definition) is 2. The number of guanidine groups is 1. The number of imidazole rings is 1. The molecule has 3 N–H and O–H groups in total. The molecule has 0 aliphatic rings. The van der Waals surface area contributed by atoms with E-state index >= 15 is 0 Å². The van der Waals surface area contributed by atoms with E-state index in [1.807, 2.05) is 31.3 Å². The van der Waals surface area contributed by atoms with Crippen LogP contribution in [0, 0.1) is 0 Å². The third kappa shape index (κ3) is 3.59. The van der Waals surface area contributed by atoms with Gasteiger partial charge in [0.1, 0.15) is 5.82 Å². The van der Waals surface area contributed by atoms with E-state index in [4.69, 9.17) is 0 Å². The van der Waals surface area contributed by atoms with Crippen molar-refractivity contribution in [1.29, 1.82) is 0 Å². The molecule has 0 aliphatic heterocycles. The van der Waals surface area contributed by atoms with Crippen molar-refractivity contribution in [3.63, 3.8) is 0 Å². The number of aromatic nitrogens is 2. The van der Waals surface area contributed by atoms with Gasteiger partial charge in [0.15, 0.2) is 5.96 Å². The molecule has 0 aliphatic carbocycles. The summed E-state index contributed by atoms with van der Waals surface area (Å²) in [5.41, 5.74) is 2.10. The maximum atomic E-state index is 4.51. The Morgan fingerprint density at radius 3 is 2.83 bits per heavy atom. The molecule has 98 valence electrons. The molecule has 0 saturated carbocycles. The number of aromatic amines is 1. The Morgan fingerprint density at radius 2 is 2.17 bits per heavy atom. The van der Waals surface area contributed by atoms with Gasteiger partial charge in [0.2, 0.25) is 0 Å². The van der Waals surface area contributed by atoms with Gasteiger partial charge in [-0.15, -0.1) is 24.0 Å². The second kappa shape index (κ2) is 7.20. The van der Waals surface area contributed by atoms with E-state index in [9.17, 15) is 0 Å². The van der Waals surface area contributed by atoms with E-state index < -0.39 is 0 Å². The molecule has 1 heterocycles. The van der Waals surface area contributed by atoms with Gasteiger partial charge in [0.25, 0.3) is 0 Å².